The van der Waals surface area contributed by atoms with Crippen LogP contribution in [0.3, 0.4) is 0 Å². The molecule has 1 unspecified atom stereocenters. The molecule has 1 aliphatic rings. The lowest BCUT2D eigenvalue weighted by molar-refractivity contribution is 0.292. The van der Waals surface area contributed by atoms with Crippen LogP contribution in [0, 0.1) is 5.92 Å². The van der Waals surface area contributed by atoms with E-state index in [1.807, 2.05) is 11.3 Å². The lowest BCUT2D eigenvalue weighted by Gasteiger charge is -2.19. The molecule has 2 heterocycles. The molecule has 0 aliphatic carbocycles. The average molecular weight is 379 g/mol. The van der Waals surface area contributed by atoms with Crippen LogP contribution in [0.15, 0.2) is 77.1 Å². The Morgan fingerprint density at radius 3 is 2.12 bits per heavy atom. The monoisotopic (exact) mass is 379 g/mol. The van der Waals surface area contributed by atoms with Crippen LogP contribution >= 0.6 is 19.3 Å². The molecule has 0 bridgehead atoms. The summed E-state index contributed by atoms with van der Waals surface area (Å²) in [6.45, 7) is 5.10. The highest BCUT2D eigenvalue weighted by molar-refractivity contribution is 7.84. The van der Waals surface area contributed by atoms with Crippen molar-refractivity contribution in [2.24, 2.45) is 10.9 Å². The van der Waals surface area contributed by atoms with Crippen molar-refractivity contribution in [2.45, 2.75) is 19.9 Å². The highest BCUT2D eigenvalue weighted by Crippen LogP contribution is 2.37. The Labute approximate surface area is 160 Å². The van der Waals surface area contributed by atoms with Gasteiger partial charge in [-0.25, -0.2) is 4.99 Å². The fourth-order valence-corrected chi connectivity index (χ4v) is 7.02. The van der Waals surface area contributed by atoms with Gasteiger partial charge in [-0.1, -0.05) is 74.5 Å². The van der Waals surface area contributed by atoms with Gasteiger partial charge >= 0.3 is 0 Å². The molecule has 2 nitrogen and oxygen atoms in total. The summed E-state index contributed by atoms with van der Waals surface area (Å²) in [5.74, 6) is 1.32. The van der Waals surface area contributed by atoms with Crippen molar-refractivity contribution in [3.63, 3.8) is 0 Å². The van der Waals surface area contributed by atoms with Crippen LogP contribution in [-0.2, 0) is 4.74 Å². The second-order valence-electron chi connectivity index (χ2n) is 6.70. The zero-order valence-electron chi connectivity index (χ0n) is 15.0. The largest absolute Gasteiger partial charge is 0.475 e. The number of aliphatic imine (C=N–C) groups is 1. The predicted octanol–water partition coefficient (Wildman–Crippen LogP) is 4.31. The van der Waals surface area contributed by atoms with Crippen LogP contribution in [0.2, 0.25) is 0 Å². The molecule has 0 amide bonds. The molecule has 0 saturated carbocycles. The maximum Gasteiger partial charge on any atom is 0.218 e. The number of rotatable bonds is 5. The molecule has 1 aliphatic heterocycles. The molecule has 132 valence electrons. The van der Waals surface area contributed by atoms with Gasteiger partial charge in [0.15, 0.2) is 0 Å². The normalized spacial score (nSPS) is 16.8. The second-order valence-corrected chi connectivity index (χ2v) is 10.1. The standard InChI is InChI=1S/C22H22NOPS/c1-16(2)20-15-24-21(23-20)19-13-14-26-22(19)25(17-9-5-3-6-10-17)18-11-7-4-8-12-18/h3-14,16,20H,15H2,1-2H3. The highest BCUT2D eigenvalue weighted by Gasteiger charge is 2.28. The third-order valence-corrected chi connectivity index (χ3v) is 8.41. The summed E-state index contributed by atoms with van der Waals surface area (Å²) in [4.78, 5) is 4.87. The first-order chi connectivity index (χ1) is 12.7. The zero-order valence-corrected chi connectivity index (χ0v) is 16.7. The Kier molecular flexibility index (Phi) is 5.19. The summed E-state index contributed by atoms with van der Waals surface area (Å²) in [6, 6.07) is 24.0. The van der Waals surface area contributed by atoms with E-state index in [1.54, 1.807) is 0 Å². The summed E-state index contributed by atoms with van der Waals surface area (Å²) in [7, 11) is -0.618. The maximum atomic E-state index is 6.00. The van der Waals surface area contributed by atoms with E-state index in [0.717, 1.165) is 11.5 Å². The van der Waals surface area contributed by atoms with Crippen molar-refractivity contribution in [1.82, 2.24) is 0 Å². The van der Waals surface area contributed by atoms with Gasteiger partial charge in [0.2, 0.25) is 5.90 Å². The average Bonchev–Trinajstić information content (AvgIpc) is 3.33. The van der Waals surface area contributed by atoms with Crippen molar-refractivity contribution in [2.75, 3.05) is 6.61 Å². The quantitative estimate of drug-likeness (QED) is 0.606. The minimum atomic E-state index is -0.618. The van der Waals surface area contributed by atoms with Gasteiger partial charge in [-0.05, 0) is 35.9 Å². The Morgan fingerprint density at radius 1 is 0.962 bits per heavy atom. The first-order valence-electron chi connectivity index (χ1n) is 8.92. The summed E-state index contributed by atoms with van der Waals surface area (Å²) in [5.41, 5.74) is 1.16. The molecule has 26 heavy (non-hydrogen) atoms. The number of hydrogen-bond donors (Lipinski definition) is 0. The third-order valence-electron chi connectivity index (χ3n) is 4.55. The molecule has 0 radical (unpaired) electrons. The van der Waals surface area contributed by atoms with Crippen LogP contribution in [0.5, 0.6) is 0 Å². The smallest absolute Gasteiger partial charge is 0.218 e. The number of thiophene rings is 1. The van der Waals surface area contributed by atoms with Gasteiger partial charge in [0, 0.05) is 4.62 Å². The van der Waals surface area contributed by atoms with Gasteiger partial charge in [0.25, 0.3) is 0 Å². The Hall–Kier alpha value is -1.96. The van der Waals surface area contributed by atoms with Gasteiger partial charge in [0.05, 0.1) is 11.6 Å². The molecule has 3 aromatic rings. The lowest BCUT2D eigenvalue weighted by Crippen LogP contribution is -2.22. The first kappa shape index (κ1) is 17.5. The topological polar surface area (TPSA) is 21.6 Å². The zero-order chi connectivity index (χ0) is 17.9. The lowest BCUT2D eigenvalue weighted by atomic mass is 10.1. The Bertz CT molecular complexity index is 849. The summed E-state index contributed by atoms with van der Waals surface area (Å²) in [5, 5.41) is 4.88. The number of nitrogens with zero attached hydrogens (tertiary/aromatic N) is 1. The Balaban J connectivity index is 1.79. The van der Waals surface area contributed by atoms with Crippen LogP contribution in [0.1, 0.15) is 19.4 Å². The molecule has 2 aromatic carbocycles. The van der Waals surface area contributed by atoms with E-state index >= 15 is 0 Å². The third kappa shape index (κ3) is 3.47. The molecule has 0 fully saturated rings. The van der Waals surface area contributed by atoms with Crippen LogP contribution in [0.25, 0.3) is 0 Å². The molecule has 0 saturated heterocycles. The minimum Gasteiger partial charge on any atom is -0.475 e. The van der Waals surface area contributed by atoms with Gasteiger partial charge in [-0.3, -0.25) is 0 Å². The number of ether oxygens (including phenoxy) is 1. The summed E-state index contributed by atoms with van der Waals surface area (Å²) in [6.07, 6.45) is 0. The molecular formula is C22H22NOPS. The molecule has 0 spiro atoms. The van der Waals surface area contributed by atoms with Crippen molar-refractivity contribution >= 4 is 40.4 Å². The first-order valence-corrected chi connectivity index (χ1v) is 11.1. The van der Waals surface area contributed by atoms with Crippen molar-refractivity contribution < 1.29 is 4.74 Å². The predicted molar refractivity (Wildman–Crippen MR) is 114 cm³/mol. The van der Waals surface area contributed by atoms with E-state index in [0.29, 0.717) is 12.5 Å². The van der Waals surface area contributed by atoms with Gasteiger partial charge < -0.3 is 4.74 Å². The van der Waals surface area contributed by atoms with Crippen molar-refractivity contribution in [1.29, 1.82) is 0 Å². The van der Waals surface area contributed by atoms with E-state index in [4.69, 9.17) is 9.73 Å². The fourth-order valence-electron chi connectivity index (χ4n) is 3.05. The molecule has 0 N–H and O–H groups in total. The van der Waals surface area contributed by atoms with Gasteiger partial charge in [-0.2, -0.15) is 0 Å². The molecule has 4 rings (SSSR count). The molecule has 4 heteroatoms. The van der Waals surface area contributed by atoms with Crippen molar-refractivity contribution in [3.8, 4) is 0 Å². The maximum absolute atomic E-state index is 6.00. The van der Waals surface area contributed by atoms with E-state index in [2.05, 4.69) is 86.0 Å². The van der Waals surface area contributed by atoms with Crippen molar-refractivity contribution in [3.05, 3.63) is 77.7 Å². The number of hydrogen-bond acceptors (Lipinski definition) is 3. The molecule has 1 aromatic heterocycles. The Morgan fingerprint density at radius 2 is 1.58 bits per heavy atom. The van der Waals surface area contributed by atoms with E-state index in [9.17, 15) is 0 Å². The van der Waals surface area contributed by atoms with E-state index in [1.165, 1.54) is 15.2 Å². The highest BCUT2D eigenvalue weighted by atomic mass is 32.1. The van der Waals surface area contributed by atoms with Crippen LogP contribution in [0.4, 0.5) is 0 Å². The van der Waals surface area contributed by atoms with E-state index < -0.39 is 7.92 Å². The van der Waals surface area contributed by atoms with Crippen LogP contribution < -0.4 is 15.2 Å². The van der Waals surface area contributed by atoms with Gasteiger partial charge in [-0.15, -0.1) is 11.3 Å². The molecule has 1 atom stereocenters. The summed E-state index contributed by atoms with van der Waals surface area (Å²) < 4.78 is 7.36. The summed E-state index contributed by atoms with van der Waals surface area (Å²) >= 11 is 1.81. The molecular weight excluding hydrogens is 357 g/mol. The minimum absolute atomic E-state index is 0.262. The SMILES string of the molecule is CC(C)C1COC(c2ccsc2P(c2ccccc2)c2ccccc2)=N1. The van der Waals surface area contributed by atoms with Gasteiger partial charge in [0.1, 0.15) is 6.61 Å². The van der Waals surface area contributed by atoms with E-state index in [-0.39, 0.29) is 6.04 Å². The number of benzene rings is 2. The van der Waals surface area contributed by atoms with Crippen LogP contribution in [-0.4, -0.2) is 18.5 Å². The second kappa shape index (κ2) is 7.73. The fraction of sp³-hybridized carbons (Fsp3) is 0.227.